The number of hydrogen-bond acceptors (Lipinski definition) is 3. The molecule has 2 aromatic carbocycles. The van der Waals surface area contributed by atoms with Gasteiger partial charge in [-0.1, -0.05) is 48.5 Å². The molecule has 0 atom stereocenters. The highest BCUT2D eigenvalue weighted by molar-refractivity contribution is 5.36. The lowest BCUT2D eigenvalue weighted by molar-refractivity contribution is 0.311. The third-order valence-corrected chi connectivity index (χ3v) is 3.78. The summed E-state index contributed by atoms with van der Waals surface area (Å²) in [5.41, 5.74) is 2.56. The topological polar surface area (TPSA) is 34.1 Å². The van der Waals surface area contributed by atoms with E-state index in [1.165, 1.54) is 11.1 Å². The standard InChI is InChI=1S/C21H22N2O/c1-2-7-18(8-3-1)9-6-16-24-20-13-11-19(12-14-20)17-23-21-10-4-5-15-22-21/h1-5,7-8,10-15H,6,9,16-17H2,(H,22,23). The van der Waals surface area contributed by atoms with Crippen LogP contribution in [0.4, 0.5) is 5.82 Å². The van der Waals surface area contributed by atoms with Crippen LogP contribution in [-0.4, -0.2) is 11.6 Å². The molecule has 0 saturated heterocycles. The Morgan fingerprint density at radius 1 is 0.792 bits per heavy atom. The summed E-state index contributed by atoms with van der Waals surface area (Å²) < 4.78 is 5.81. The Morgan fingerprint density at radius 2 is 1.58 bits per heavy atom. The lowest BCUT2D eigenvalue weighted by Gasteiger charge is -2.08. The molecule has 3 aromatic rings. The SMILES string of the molecule is c1ccc(CCCOc2ccc(CNc3ccccn3)cc2)cc1. The van der Waals surface area contributed by atoms with Crippen LogP contribution >= 0.6 is 0 Å². The number of nitrogens with zero attached hydrogens (tertiary/aromatic N) is 1. The van der Waals surface area contributed by atoms with Gasteiger partial charge >= 0.3 is 0 Å². The summed E-state index contributed by atoms with van der Waals surface area (Å²) >= 11 is 0. The van der Waals surface area contributed by atoms with Crippen LogP contribution < -0.4 is 10.1 Å². The summed E-state index contributed by atoms with van der Waals surface area (Å²) in [7, 11) is 0. The minimum absolute atomic E-state index is 0.737. The number of aromatic nitrogens is 1. The first-order valence-electron chi connectivity index (χ1n) is 8.31. The second-order valence-corrected chi connectivity index (χ2v) is 5.65. The van der Waals surface area contributed by atoms with Gasteiger partial charge < -0.3 is 10.1 Å². The molecular weight excluding hydrogens is 296 g/mol. The summed E-state index contributed by atoms with van der Waals surface area (Å²) in [5, 5.41) is 3.30. The Morgan fingerprint density at radius 3 is 2.33 bits per heavy atom. The molecule has 0 fully saturated rings. The number of hydrogen-bond donors (Lipinski definition) is 1. The van der Waals surface area contributed by atoms with Crippen molar-refractivity contribution in [2.75, 3.05) is 11.9 Å². The van der Waals surface area contributed by atoms with Crippen molar-refractivity contribution in [2.45, 2.75) is 19.4 Å². The molecule has 0 saturated carbocycles. The zero-order valence-electron chi connectivity index (χ0n) is 13.7. The fraction of sp³-hybridized carbons (Fsp3) is 0.190. The van der Waals surface area contributed by atoms with Crippen LogP contribution in [0.25, 0.3) is 0 Å². The number of pyridine rings is 1. The van der Waals surface area contributed by atoms with Gasteiger partial charge in [0.15, 0.2) is 0 Å². The fourth-order valence-corrected chi connectivity index (χ4v) is 2.47. The molecule has 3 nitrogen and oxygen atoms in total. The van der Waals surface area contributed by atoms with E-state index in [2.05, 4.69) is 46.7 Å². The molecule has 0 bridgehead atoms. The van der Waals surface area contributed by atoms with E-state index in [1.807, 2.05) is 36.4 Å². The highest BCUT2D eigenvalue weighted by Gasteiger charge is 1.98. The summed E-state index contributed by atoms with van der Waals surface area (Å²) in [6.07, 6.45) is 3.86. The van der Waals surface area contributed by atoms with Crippen molar-refractivity contribution in [1.82, 2.24) is 4.98 Å². The first kappa shape index (κ1) is 16.1. The predicted molar refractivity (Wildman–Crippen MR) is 98.3 cm³/mol. The second kappa shape index (κ2) is 8.73. The van der Waals surface area contributed by atoms with E-state index >= 15 is 0 Å². The summed E-state index contributed by atoms with van der Waals surface area (Å²) in [6.45, 7) is 1.49. The molecule has 0 spiro atoms. The van der Waals surface area contributed by atoms with Gasteiger partial charge in [-0.2, -0.15) is 0 Å². The van der Waals surface area contributed by atoms with Gasteiger partial charge in [-0.05, 0) is 48.2 Å². The maximum atomic E-state index is 5.81. The average molecular weight is 318 g/mol. The first-order chi connectivity index (χ1) is 11.9. The Kier molecular flexibility index (Phi) is 5.84. The monoisotopic (exact) mass is 318 g/mol. The molecule has 3 rings (SSSR count). The van der Waals surface area contributed by atoms with Gasteiger partial charge in [0.05, 0.1) is 6.61 Å². The van der Waals surface area contributed by atoms with E-state index in [1.54, 1.807) is 6.20 Å². The van der Waals surface area contributed by atoms with Crippen molar-refractivity contribution in [3.8, 4) is 5.75 Å². The van der Waals surface area contributed by atoms with Crippen molar-refractivity contribution in [2.24, 2.45) is 0 Å². The van der Waals surface area contributed by atoms with Crippen molar-refractivity contribution in [3.63, 3.8) is 0 Å². The zero-order valence-corrected chi connectivity index (χ0v) is 13.7. The number of rotatable bonds is 8. The smallest absolute Gasteiger partial charge is 0.126 e. The molecule has 0 aliphatic heterocycles. The molecule has 1 heterocycles. The van der Waals surface area contributed by atoms with Gasteiger partial charge in [-0.3, -0.25) is 0 Å². The molecule has 24 heavy (non-hydrogen) atoms. The Hall–Kier alpha value is -2.81. The van der Waals surface area contributed by atoms with Crippen molar-refractivity contribution < 1.29 is 4.74 Å². The largest absolute Gasteiger partial charge is 0.494 e. The highest BCUT2D eigenvalue weighted by atomic mass is 16.5. The Bertz CT molecular complexity index is 712. The van der Waals surface area contributed by atoms with Gasteiger partial charge in [0.2, 0.25) is 0 Å². The third kappa shape index (κ3) is 5.13. The van der Waals surface area contributed by atoms with E-state index in [9.17, 15) is 0 Å². The van der Waals surface area contributed by atoms with Crippen molar-refractivity contribution >= 4 is 5.82 Å². The maximum Gasteiger partial charge on any atom is 0.126 e. The second-order valence-electron chi connectivity index (χ2n) is 5.65. The highest BCUT2D eigenvalue weighted by Crippen LogP contribution is 2.14. The van der Waals surface area contributed by atoms with Crippen LogP contribution in [0, 0.1) is 0 Å². The molecule has 0 radical (unpaired) electrons. The van der Waals surface area contributed by atoms with Crippen LogP contribution in [0.3, 0.4) is 0 Å². The van der Waals surface area contributed by atoms with Gasteiger partial charge in [0.25, 0.3) is 0 Å². The predicted octanol–water partition coefficient (Wildman–Crippen LogP) is 4.71. The lowest BCUT2D eigenvalue weighted by atomic mass is 10.1. The van der Waals surface area contributed by atoms with E-state index in [4.69, 9.17) is 4.74 Å². The van der Waals surface area contributed by atoms with Crippen LogP contribution in [-0.2, 0) is 13.0 Å². The van der Waals surface area contributed by atoms with E-state index in [0.717, 1.165) is 37.6 Å². The summed E-state index contributed by atoms with van der Waals surface area (Å²) in [5.74, 6) is 1.81. The number of anilines is 1. The maximum absolute atomic E-state index is 5.81. The molecule has 1 N–H and O–H groups in total. The molecule has 0 amide bonds. The number of ether oxygens (including phenoxy) is 1. The Labute approximate surface area is 143 Å². The molecular formula is C21H22N2O. The number of benzene rings is 2. The molecule has 0 aliphatic carbocycles. The minimum Gasteiger partial charge on any atom is -0.494 e. The summed E-state index contributed by atoms with van der Waals surface area (Å²) in [6, 6.07) is 24.6. The third-order valence-electron chi connectivity index (χ3n) is 3.78. The van der Waals surface area contributed by atoms with Gasteiger partial charge in [-0.25, -0.2) is 4.98 Å². The van der Waals surface area contributed by atoms with Crippen LogP contribution in [0.1, 0.15) is 17.5 Å². The van der Waals surface area contributed by atoms with Crippen LogP contribution in [0.15, 0.2) is 79.0 Å². The average Bonchev–Trinajstić information content (AvgIpc) is 2.66. The van der Waals surface area contributed by atoms with Gasteiger partial charge in [-0.15, -0.1) is 0 Å². The number of nitrogens with one attached hydrogen (secondary N) is 1. The first-order valence-corrected chi connectivity index (χ1v) is 8.31. The Balaban J connectivity index is 1.40. The molecule has 0 unspecified atom stereocenters. The van der Waals surface area contributed by atoms with Crippen molar-refractivity contribution in [3.05, 3.63) is 90.1 Å². The molecule has 0 aliphatic rings. The lowest BCUT2D eigenvalue weighted by Crippen LogP contribution is -2.02. The molecule has 1 aromatic heterocycles. The van der Waals surface area contributed by atoms with Crippen LogP contribution in [0.5, 0.6) is 5.75 Å². The normalized spacial score (nSPS) is 10.3. The fourth-order valence-electron chi connectivity index (χ4n) is 2.47. The number of aryl methyl sites for hydroxylation is 1. The zero-order chi connectivity index (χ0) is 16.5. The van der Waals surface area contributed by atoms with E-state index in [0.29, 0.717) is 0 Å². The van der Waals surface area contributed by atoms with Gasteiger partial charge in [0.1, 0.15) is 11.6 Å². The van der Waals surface area contributed by atoms with Crippen LogP contribution in [0.2, 0.25) is 0 Å². The summed E-state index contributed by atoms with van der Waals surface area (Å²) in [4.78, 5) is 4.25. The van der Waals surface area contributed by atoms with E-state index < -0.39 is 0 Å². The van der Waals surface area contributed by atoms with E-state index in [-0.39, 0.29) is 0 Å². The minimum atomic E-state index is 0.737. The molecule has 3 heteroatoms. The van der Waals surface area contributed by atoms with Crippen molar-refractivity contribution in [1.29, 1.82) is 0 Å². The molecule has 122 valence electrons. The quantitative estimate of drug-likeness (QED) is 0.611. The van der Waals surface area contributed by atoms with Gasteiger partial charge in [0, 0.05) is 12.7 Å².